The van der Waals surface area contributed by atoms with Crippen LogP contribution in [0.3, 0.4) is 0 Å². The Labute approximate surface area is 152 Å². The van der Waals surface area contributed by atoms with E-state index < -0.39 is 0 Å². The van der Waals surface area contributed by atoms with Gasteiger partial charge in [-0.25, -0.2) is 0 Å². The van der Waals surface area contributed by atoms with Crippen molar-refractivity contribution in [1.29, 1.82) is 0 Å². The Morgan fingerprint density at radius 3 is 1.09 bits per heavy atom. The number of rotatable bonds is 3. The van der Waals surface area contributed by atoms with E-state index >= 15 is 0 Å². The predicted molar refractivity (Wildman–Crippen MR) is 102 cm³/mol. The minimum atomic E-state index is 0. The van der Waals surface area contributed by atoms with E-state index in [-0.39, 0.29) is 25.8 Å². The molecule has 4 heteroatoms. The second-order valence-corrected chi connectivity index (χ2v) is 5.48. The van der Waals surface area contributed by atoms with Gasteiger partial charge in [-0.15, -0.1) is 0 Å². The van der Waals surface area contributed by atoms with Gasteiger partial charge in [0.1, 0.15) is 0 Å². The summed E-state index contributed by atoms with van der Waals surface area (Å²) in [5, 5.41) is 0. The van der Waals surface area contributed by atoms with Crippen LogP contribution in [0.1, 0.15) is 27.7 Å². The van der Waals surface area contributed by atoms with Crippen molar-refractivity contribution in [1.82, 2.24) is 0 Å². The first kappa shape index (κ1) is 20.9. The van der Waals surface area contributed by atoms with Crippen LogP contribution in [0.2, 0.25) is 0 Å². The zero-order chi connectivity index (χ0) is 15.8. The average molecular weight is 404 g/mol. The van der Waals surface area contributed by atoms with Crippen molar-refractivity contribution in [3.8, 4) is 11.1 Å². The van der Waals surface area contributed by atoms with Crippen molar-refractivity contribution in [2.24, 2.45) is 0 Å². The van der Waals surface area contributed by atoms with Gasteiger partial charge in [-0.2, -0.15) is 0 Å². The van der Waals surface area contributed by atoms with Crippen molar-refractivity contribution in [3.05, 3.63) is 48.5 Å². The quantitative estimate of drug-likeness (QED) is 0.773. The predicted octanol–water partition coefficient (Wildman–Crippen LogP) is 3.15. The van der Waals surface area contributed by atoms with Gasteiger partial charge >= 0.3 is 25.8 Å². The average Bonchev–Trinajstić information content (AvgIpc) is 2.40. The summed E-state index contributed by atoms with van der Waals surface area (Å²) < 4.78 is 5.25. The number of nitrogen functional groups attached to an aromatic ring is 2. The standard InChI is InChI=1S/C12H12N2.C6H14O.In.3H/c13-11-5-1-9(2-6-11)10-3-7-12(14)8-4-10;1-5(2)7-6(3)4;;;;/h1-8H,13-14H2;5-6H,1-4H3;;;;. The van der Waals surface area contributed by atoms with Crippen LogP contribution in [0.5, 0.6) is 0 Å². The summed E-state index contributed by atoms with van der Waals surface area (Å²) in [5.74, 6) is 0. The molecule has 0 unspecified atom stereocenters. The van der Waals surface area contributed by atoms with E-state index in [1.54, 1.807) is 0 Å². The van der Waals surface area contributed by atoms with E-state index in [1.165, 1.54) is 0 Å². The van der Waals surface area contributed by atoms with Gasteiger partial charge in [0.15, 0.2) is 0 Å². The topological polar surface area (TPSA) is 61.3 Å². The molecule has 0 saturated heterocycles. The van der Waals surface area contributed by atoms with Crippen molar-refractivity contribution >= 4 is 37.2 Å². The van der Waals surface area contributed by atoms with E-state index in [1.807, 2.05) is 76.2 Å². The SMILES string of the molecule is CC(C)OC(C)C.Nc1ccc(-c2ccc(N)cc2)cc1.[InH3]. The van der Waals surface area contributed by atoms with Gasteiger partial charge in [0.25, 0.3) is 0 Å². The normalized spacial score (nSPS) is 9.91. The molecule has 0 bridgehead atoms. The molecule has 0 radical (unpaired) electrons. The maximum absolute atomic E-state index is 5.61. The van der Waals surface area contributed by atoms with Gasteiger partial charge in [-0.05, 0) is 63.1 Å². The van der Waals surface area contributed by atoms with Crippen LogP contribution in [0.4, 0.5) is 11.4 Å². The summed E-state index contributed by atoms with van der Waals surface area (Å²) in [5.41, 5.74) is 15.1. The Balaban J connectivity index is 0.000000478. The molecule has 0 atom stereocenters. The molecular formula is C18H29InN2O. The molecule has 22 heavy (non-hydrogen) atoms. The van der Waals surface area contributed by atoms with Gasteiger partial charge in [0.05, 0.1) is 12.2 Å². The van der Waals surface area contributed by atoms with E-state index in [9.17, 15) is 0 Å². The van der Waals surface area contributed by atoms with Crippen LogP contribution in [-0.4, -0.2) is 38.1 Å². The zero-order valence-electron chi connectivity index (χ0n) is 13.3. The van der Waals surface area contributed by atoms with E-state index in [0.717, 1.165) is 22.5 Å². The molecule has 0 heterocycles. The number of ether oxygens (including phenoxy) is 1. The number of nitrogens with two attached hydrogens (primary N) is 2. The van der Waals surface area contributed by atoms with Gasteiger partial charge in [0.2, 0.25) is 0 Å². The third kappa shape index (κ3) is 8.35. The zero-order valence-corrected chi connectivity index (χ0v) is 13.3. The fraction of sp³-hybridized carbons (Fsp3) is 0.333. The van der Waals surface area contributed by atoms with Crippen LogP contribution < -0.4 is 11.5 Å². The maximum atomic E-state index is 5.61. The molecule has 0 amide bonds. The Morgan fingerprint density at radius 1 is 0.636 bits per heavy atom. The molecule has 0 aliphatic rings. The Kier molecular flexibility index (Phi) is 10.0. The second-order valence-electron chi connectivity index (χ2n) is 5.48. The molecule has 120 valence electrons. The Morgan fingerprint density at radius 2 is 0.909 bits per heavy atom. The van der Waals surface area contributed by atoms with Crippen molar-refractivity contribution in [2.75, 3.05) is 11.5 Å². The number of hydrogen-bond donors (Lipinski definition) is 2. The second kappa shape index (κ2) is 10.6. The molecular weight excluding hydrogens is 375 g/mol. The first-order chi connectivity index (χ1) is 9.88. The molecule has 0 aliphatic heterocycles. The summed E-state index contributed by atoms with van der Waals surface area (Å²) in [6, 6.07) is 15.6. The van der Waals surface area contributed by atoms with E-state index in [4.69, 9.17) is 16.2 Å². The van der Waals surface area contributed by atoms with E-state index in [0.29, 0.717) is 12.2 Å². The van der Waals surface area contributed by atoms with Crippen LogP contribution in [0.15, 0.2) is 48.5 Å². The third-order valence-corrected chi connectivity index (χ3v) is 2.70. The molecule has 0 spiro atoms. The van der Waals surface area contributed by atoms with E-state index in [2.05, 4.69) is 0 Å². The summed E-state index contributed by atoms with van der Waals surface area (Å²) in [7, 11) is 0. The molecule has 2 aromatic carbocycles. The van der Waals surface area contributed by atoms with Gasteiger partial charge in [-0.1, -0.05) is 24.3 Å². The summed E-state index contributed by atoms with van der Waals surface area (Å²) >= 11 is 0. The van der Waals surface area contributed by atoms with Crippen LogP contribution in [0.25, 0.3) is 11.1 Å². The monoisotopic (exact) mass is 404 g/mol. The van der Waals surface area contributed by atoms with Crippen LogP contribution in [0, 0.1) is 0 Å². The molecule has 2 rings (SSSR count). The molecule has 0 saturated carbocycles. The van der Waals surface area contributed by atoms with Gasteiger partial charge < -0.3 is 16.2 Å². The number of anilines is 2. The fourth-order valence-electron chi connectivity index (χ4n) is 1.90. The van der Waals surface area contributed by atoms with Crippen molar-refractivity contribution in [3.63, 3.8) is 0 Å². The summed E-state index contributed by atoms with van der Waals surface area (Å²) in [6.07, 6.45) is 0.750. The Hall–Kier alpha value is -1.13. The molecule has 2 aromatic rings. The van der Waals surface area contributed by atoms with Crippen molar-refractivity contribution < 1.29 is 4.74 Å². The molecule has 0 fully saturated rings. The molecule has 4 N–H and O–H groups in total. The van der Waals surface area contributed by atoms with Gasteiger partial charge in [-0.3, -0.25) is 0 Å². The molecule has 3 nitrogen and oxygen atoms in total. The summed E-state index contributed by atoms with van der Waals surface area (Å²) in [4.78, 5) is 0. The number of hydrogen-bond acceptors (Lipinski definition) is 3. The minimum absolute atomic E-state index is 0. The Bertz CT molecular complexity index is 472. The van der Waals surface area contributed by atoms with Crippen LogP contribution in [-0.2, 0) is 4.74 Å². The summed E-state index contributed by atoms with van der Waals surface area (Å²) in [6.45, 7) is 8.17. The van der Waals surface area contributed by atoms with Crippen molar-refractivity contribution in [2.45, 2.75) is 39.9 Å². The third-order valence-electron chi connectivity index (χ3n) is 2.70. The number of benzene rings is 2. The molecule has 0 aromatic heterocycles. The first-order valence-electron chi connectivity index (χ1n) is 7.25. The first-order valence-corrected chi connectivity index (χ1v) is 7.25. The fourth-order valence-corrected chi connectivity index (χ4v) is 1.90. The molecule has 0 aliphatic carbocycles. The van der Waals surface area contributed by atoms with Gasteiger partial charge in [0, 0.05) is 11.4 Å². The van der Waals surface area contributed by atoms with Crippen LogP contribution >= 0.6 is 0 Å².